The molecule has 1 atom stereocenters. The molecule has 1 unspecified atom stereocenters. The van der Waals surface area contributed by atoms with Crippen LogP contribution in [0.25, 0.3) is 0 Å². The van der Waals surface area contributed by atoms with Gasteiger partial charge in [0.1, 0.15) is 5.37 Å². The maximum atomic E-state index is 12.9. The van der Waals surface area contributed by atoms with E-state index in [0.717, 1.165) is 29.2 Å². The Labute approximate surface area is 173 Å². The fourth-order valence-corrected chi connectivity index (χ4v) is 5.45. The zero-order chi connectivity index (χ0) is 21.2. The average Bonchev–Trinajstić information content (AvgIpc) is 2.85. The van der Waals surface area contributed by atoms with Crippen LogP contribution in [0.5, 0.6) is 0 Å². The van der Waals surface area contributed by atoms with Crippen molar-refractivity contribution in [1.82, 2.24) is 14.4 Å². The Morgan fingerprint density at radius 2 is 1.82 bits per heavy atom. The molecule has 0 saturated carbocycles. The summed E-state index contributed by atoms with van der Waals surface area (Å²) >= 11 is 1.74. The second kappa shape index (κ2) is 9.35. The number of aromatic nitrogens is 1. The third-order valence-electron chi connectivity index (χ3n) is 5.78. The maximum Gasteiger partial charge on any atom is 0.340 e. The molecular formula is C21H35N3O3S. The van der Waals surface area contributed by atoms with E-state index in [1.54, 1.807) is 11.8 Å². The standard InChI is InChI=1S/C21H35N3O3S/c1-13(2)23(14(3)4)10-11-24-17(25)9-12-28-20(24)18-15(5)22(7)16(6)19(18)21(26)27-8/h13-14,20H,9-12H2,1-8H3. The second-order valence-corrected chi connectivity index (χ2v) is 9.18. The fourth-order valence-electron chi connectivity index (χ4n) is 4.08. The minimum absolute atomic E-state index is 0.156. The van der Waals surface area contributed by atoms with Crippen molar-refractivity contribution < 1.29 is 14.3 Å². The smallest absolute Gasteiger partial charge is 0.340 e. The van der Waals surface area contributed by atoms with E-state index in [2.05, 4.69) is 32.6 Å². The Morgan fingerprint density at radius 3 is 2.36 bits per heavy atom. The van der Waals surface area contributed by atoms with Crippen molar-refractivity contribution in [3.63, 3.8) is 0 Å². The molecule has 1 aliphatic rings. The number of methoxy groups -OCH3 is 1. The molecule has 1 fully saturated rings. The van der Waals surface area contributed by atoms with Crippen LogP contribution in [0.1, 0.15) is 66.8 Å². The van der Waals surface area contributed by atoms with Crippen molar-refractivity contribution >= 4 is 23.6 Å². The molecular weight excluding hydrogens is 374 g/mol. The number of thioether (sulfide) groups is 1. The lowest BCUT2D eigenvalue weighted by atomic mass is 10.1. The lowest BCUT2D eigenvalue weighted by Crippen LogP contribution is -2.46. The van der Waals surface area contributed by atoms with Crippen molar-refractivity contribution in [2.75, 3.05) is 26.0 Å². The quantitative estimate of drug-likeness (QED) is 0.645. The van der Waals surface area contributed by atoms with Gasteiger partial charge >= 0.3 is 5.97 Å². The van der Waals surface area contributed by atoms with Crippen molar-refractivity contribution in [1.29, 1.82) is 0 Å². The van der Waals surface area contributed by atoms with E-state index in [9.17, 15) is 9.59 Å². The van der Waals surface area contributed by atoms with Gasteiger partial charge in [-0.15, -0.1) is 11.8 Å². The fraction of sp³-hybridized carbons (Fsp3) is 0.714. The van der Waals surface area contributed by atoms with Gasteiger partial charge in [-0.3, -0.25) is 9.69 Å². The lowest BCUT2D eigenvalue weighted by molar-refractivity contribution is -0.132. The molecule has 6 nitrogen and oxygen atoms in total. The Hall–Kier alpha value is -1.47. The van der Waals surface area contributed by atoms with E-state index in [0.29, 0.717) is 30.6 Å². The van der Waals surface area contributed by atoms with Gasteiger partial charge in [0.05, 0.1) is 12.7 Å². The number of amides is 1. The van der Waals surface area contributed by atoms with Crippen molar-refractivity contribution in [3.8, 4) is 0 Å². The summed E-state index contributed by atoms with van der Waals surface area (Å²) in [6.07, 6.45) is 0.545. The number of carbonyl (C=O) groups excluding carboxylic acids is 2. The molecule has 0 aromatic carbocycles. The van der Waals surface area contributed by atoms with E-state index >= 15 is 0 Å². The van der Waals surface area contributed by atoms with Crippen LogP contribution in [-0.2, 0) is 16.6 Å². The molecule has 7 heteroatoms. The van der Waals surface area contributed by atoms with Gasteiger partial charge in [-0.25, -0.2) is 4.79 Å². The van der Waals surface area contributed by atoms with Gasteiger partial charge in [-0.1, -0.05) is 0 Å². The van der Waals surface area contributed by atoms with Gasteiger partial charge in [0.15, 0.2) is 0 Å². The first kappa shape index (κ1) is 22.8. The molecule has 0 spiro atoms. The molecule has 0 bridgehead atoms. The van der Waals surface area contributed by atoms with Crippen LogP contribution in [-0.4, -0.2) is 64.3 Å². The minimum atomic E-state index is -0.333. The second-order valence-electron chi connectivity index (χ2n) is 8.00. The number of nitrogens with zero attached hydrogens (tertiary/aromatic N) is 3. The highest BCUT2D eigenvalue weighted by molar-refractivity contribution is 7.99. The van der Waals surface area contributed by atoms with Gasteiger partial charge in [0.2, 0.25) is 5.91 Å². The first-order valence-electron chi connectivity index (χ1n) is 10.0. The third kappa shape index (κ3) is 4.40. The van der Waals surface area contributed by atoms with Gasteiger partial charge in [0, 0.05) is 61.3 Å². The van der Waals surface area contributed by atoms with Crippen LogP contribution < -0.4 is 0 Å². The largest absolute Gasteiger partial charge is 0.465 e. The Bertz CT molecular complexity index is 719. The molecule has 0 aliphatic carbocycles. The molecule has 28 heavy (non-hydrogen) atoms. The summed E-state index contributed by atoms with van der Waals surface area (Å²) in [6, 6.07) is 0.828. The van der Waals surface area contributed by atoms with Gasteiger partial charge in [0.25, 0.3) is 0 Å². The number of esters is 1. The molecule has 1 saturated heterocycles. The van der Waals surface area contributed by atoms with E-state index < -0.39 is 0 Å². The highest BCUT2D eigenvalue weighted by atomic mass is 32.2. The van der Waals surface area contributed by atoms with Crippen LogP contribution in [0.15, 0.2) is 0 Å². The number of carbonyl (C=O) groups is 2. The summed E-state index contributed by atoms with van der Waals surface area (Å²) in [5.41, 5.74) is 3.42. The summed E-state index contributed by atoms with van der Waals surface area (Å²) in [6.45, 7) is 14.2. The van der Waals surface area contributed by atoms with Crippen molar-refractivity contribution in [2.24, 2.45) is 7.05 Å². The van der Waals surface area contributed by atoms with Crippen LogP contribution in [0.2, 0.25) is 0 Å². The van der Waals surface area contributed by atoms with E-state index in [-0.39, 0.29) is 17.3 Å². The van der Waals surface area contributed by atoms with Gasteiger partial charge in [-0.2, -0.15) is 0 Å². The van der Waals surface area contributed by atoms with Crippen molar-refractivity contribution in [3.05, 3.63) is 22.5 Å². The third-order valence-corrected chi connectivity index (χ3v) is 7.03. The molecule has 0 radical (unpaired) electrons. The molecule has 1 aromatic rings. The molecule has 1 aromatic heterocycles. The van der Waals surface area contributed by atoms with Crippen molar-refractivity contribution in [2.45, 2.75) is 65.4 Å². The molecule has 1 aliphatic heterocycles. The number of rotatable bonds is 7. The van der Waals surface area contributed by atoms with Gasteiger partial charge < -0.3 is 14.2 Å². The Balaban J connectivity index is 2.41. The van der Waals surface area contributed by atoms with Crippen LogP contribution in [0, 0.1) is 13.8 Å². The molecule has 2 heterocycles. The zero-order valence-corrected chi connectivity index (χ0v) is 19.4. The predicted molar refractivity (Wildman–Crippen MR) is 115 cm³/mol. The predicted octanol–water partition coefficient (Wildman–Crippen LogP) is 3.51. The van der Waals surface area contributed by atoms with E-state index in [1.165, 1.54) is 7.11 Å². The molecule has 0 N–H and O–H groups in total. The van der Waals surface area contributed by atoms with Crippen LogP contribution >= 0.6 is 11.8 Å². The highest BCUT2D eigenvalue weighted by Gasteiger charge is 2.36. The van der Waals surface area contributed by atoms with E-state index in [4.69, 9.17) is 4.74 Å². The molecule has 158 valence electrons. The SMILES string of the molecule is COC(=O)c1c(C2SCCC(=O)N2CCN(C(C)C)C(C)C)c(C)n(C)c1C. The summed E-state index contributed by atoms with van der Waals surface area (Å²) in [5, 5.41) is -0.156. The summed E-state index contributed by atoms with van der Waals surface area (Å²) < 4.78 is 7.09. The summed E-state index contributed by atoms with van der Waals surface area (Å²) in [7, 11) is 3.37. The first-order valence-corrected chi connectivity index (χ1v) is 11.1. The molecule has 2 rings (SSSR count). The molecule has 1 amide bonds. The zero-order valence-electron chi connectivity index (χ0n) is 18.5. The normalized spacial score (nSPS) is 17.9. The Kier molecular flexibility index (Phi) is 7.62. The number of hydrogen-bond acceptors (Lipinski definition) is 5. The number of ether oxygens (including phenoxy) is 1. The van der Waals surface area contributed by atoms with Gasteiger partial charge in [-0.05, 0) is 41.5 Å². The summed E-state index contributed by atoms with van der Waals surface area (Å²) in [5.74, 6) is 0.597. The summed E-state index contributed by atoms with van der Waals surface area (Å²) in [4.78, 5) is 29.8. The van der Waals surface area contributed by atoms with Crippen LogP contribution in [0.4, 0.5) is 0 Å². The first-order chi connectivity index (χ1) is 13.1. The minimum Gasteiger partial charge on any atom is -0.465 e. The number of hydrogen-bond donors (Lipinski definition) is 0. The average molecular weight is 410 g/mol. The highest BCUT2D eigenvalue weighted by Crippen LogP contribution is 2.42. The lowest BCUT2D eigenvalue weighted by Gasteiger charge is -2.39. The topological polar surface area (TPSA) is 54.8 Å². The Morgan fingerprint density at radius 1 is 1.21 bits per heavy atom. The van der Waals surface area contributed by atoms with Crippen LogP contribution in [0.3, 0.4) is 0 Å². The maximum absolute atomic E-state index is 12.9. The van der Waals surface area contributed by atoms with E-state index in [1.807, 2.05) is 30.4 Å². The monoisotopic (exact) mass is 409 g/mol.